The van der Waals surface area contributed by atoms with Gasteiger partial charge < -0.3 is 19.5 Å². The van der Waals surface area contributed by atoms with Crippen LogP contribution in [0, 0.1) is 0 Å². The Labute approximate surface area is 133 Å². The zero-order valence-electron chi connectivity index (χ0n) is 13.8. The summed E-state index contributed by atoms with van der Waals surface area (Å²) in [5.74, 6) is -0.640. The van der Waals surface area contributed by atoms with Crippen LogP contribution in [-0.4, -0.2) is 57.2 Å². The molecule has 0 aliphatic carbocycles. The van der Waals surface area contributed by atoms with E-state index in [0.29, 0.717) is 6.42 Å². The highest BCUT2D eigenvalue weighted by Crippen LogP contribution is 2.28. The van der Waals surface area contributed by atoms with E-state index >= 15 is 0 Å². The summed E-state index contributed by atoms with van der Waals surface area (Å²) in [6.45, 7) is 5.89. The number of nitrogens with one attached hydrogen (secondary N) is 1. The number of esters is 1. The molecule has 1 saturated heterocycles. The van der Waals surface area contributed by atoms with E-state index in [1.807, 2.05) is 20.8 Å². The fraction of sp³-hybridized carbons (Fsp3) is 0.867. The van der Waals surface area contributed by atoms with Crippen LogP contribution in [0.25, 0.3) is 0 Å². The molecule has 1 aliphatic rings. The third-order valence-electron chi connectivity index (χ3n) is 3.82. The third-order valence-corrected chi connectivity index (χ3v) is 3.82. The minimum absolute atomic E-state index is 0.00215. The molecule has 2 unspecified atom stereocenters. The highest BCUT2D eigenvalue weighted by Gasteiger charge is 2.45. The summed E-state index contributed by atoms with van der Waals surface area (Å²) < 4.78 is 17.0. The Morgan fingerprint density at radius 2 is 1.95 bits per heavy atom. The van der Waals surface area contributed by atoms with Crippen LogP contribution in [0.2, 0.25) is 0 Å². The first kappa shape index (κ1) is 19.0. The van der Waals surface area contributed by atoms with E-state index < -0.39 is 24.2 Å². The SMILES string of the molecule is [B][C@@H]1O[C@H](CC)C(OC(=O)CCC(=O)NC)[C@@H]1OC(C)CC. The largest absolute Gasteiger partial charge is 0.457 e. The van der Waals surface area contributed by atoms with Gasteiger partial charge in [0.25, 0.3) is 0 Å². The molecule has 0 spiro atoms. The maximum Gasteiger partial charge on any atom is 0.306 e. The summed E-state index contributed by atoms with van der Waals surface area (Å²) in [4.78, 5) is 23.1. The first-order chi connectivity index (χ1) is 10.4. The van der Waals surface area contributed by atoms with Crippen molar-refractivity contribution in [3.8, 4) is 0 Å². The zero-order chi connectivity index (χ0) is 16.7. The lowest BCUT2D eigenvalue weighted by molar-refractivity contribution is -0.160. The highest BCUT2D eigenvalue weighted by atomic mass is 16.6. The smallest absolute Gasteiger partial charge is 0.306 e. The van der Waals surface area contributed by atoms with Gasteiger partial charge in [-0.15, -0.1) is 0 Å². The van der Waals surface area contributed by atoms with Gasteiger partial charge in [-0.2, -0.15) is 0 Å². The third kappa shape index (κ3) is 5.28. The van der Waals surface area contributed by atoms with Gasteiger partial charge in [0, 0.05) is 19.5 Å². The second-order valence-electron chi connectivity index (χ2n) is 5.49. The zero-order valence-corrected chi connectivity index (χ0v) is 13.8. The second kappa shape index (κ2) is 9.15. The normalized spacial score (nSPS) is 29.1. The monoisotopic (exact) mass is 311 g/mol. The second-order valence-corrected chi connectivity index (χ2v) is 5.49. The molecule has 2 radical (unpaired) electrons. The maximum absolute atomic E-state index is 11.9. The summed E-state index contributed by atoms with van der Waals surface area (Å²) in [6, 6.07) is -0.615. The van der Waals surface area contributed by atoms with E-state index in [9.17, 15) is 9.59 Å². The topological polar surface area (TPSA) is 73.9 Å². The molecule has 0 aromatic heterocycles. The van der Waals surface area contributed by atoms with Crippen molar-refractivity contribution >= 4 is 19.7 Å². The lowest BCUT2D eigenvalue weighted by Gasteiger charge is -2.26. The van der Waals surface area contributed by atoms with Crippen molar-refractivity contribution in [2.75, 3.05) is 7.05 Å². The fourth-order valence-corrected chi connectivity index (χ4v) is 2.30. The molecule has 22 heavy (non-hydrogen) atoms. The molecule has 1 rings (SSSR count). The van der Waals surface area contributed by atoms with E-state index in [0.717, 1.165) is 6.42 Å². The molecule has 1 fully saturated rings. The minimum Gasteiger partial charge on any atom is -0.457 e. The number of rotatable bonds is 8. The molecule has 0 aromatic rings. The Kier molecular flexibility index (Phi) is 7.89. The molecule has 0 aromatic carbocycles. The van der Waals surface area contributed by atoms with E-state index in [2.05, 4.69) is 5.32 Å². The molecule has 7 heteroatoms. The van der Waals surface area contributed by atoms with E-state index in [1.165, 1.54) is 7.05 Å². The molecule has 1 heterocycles. The molecule has 1 aliphatic heterocycles. The molecule has 0 bridgehead atoms. The van der Waals surface area contributed by atoms with Crippen LogP contribution < -0.4 is 5.32 Å². The fourth-order valence-electron chi connectivity index (χ4n) is 2.30. The van der Waals surface area contributed by atoms with Gasteiger partial charge >= 0.3 is 5.97 Å². The summed E-state index contributed by atoms with van der Waals surface area (Å²) in [5, 5.41) is 2.47. The number of hydrogen-bond acceptors (Lipinski definition) is 5. The number of carbonyl (C=O) groups is 2. The van der Waals surface area contributed by atoms with Crippen LogP contribution in [0.3, 0.4) is 0 Å². The van der Waals surface area contributed by atoms with Crippen LogP contribution >= 0.6 is 0 Å². The number of ether oxygens (including phenoxy) is 3. The van der Waals surface area contributed by atoms with Crippen LogP contribution in [0.4, 0.5) is 0 Å². The van der Waals surface area contributed by atoms with Gasteiger partial charge in [-0.3, -0.25) is 9.59 Å². The molecular weight excluding hydrogens is 285 g/mol. The summed E-state index contributed by atoms with van der Waals surface area (Å²) >= 11 is 0. The highest BCUT2D eigenvalue weighted by molar-refractivity contribution is 6.11. The van der Waals surface area contributed by atoms with Gasteiger partial charge in [0.15, 0.2) is 6.10 Å². The van der Waals surface area contributed by atoms with Gasteiger partial charge in [-0.1, -0.05) is 13.8 Å². The van der Waals surface area contributed by atoms with E-state index in [-0.39, 0.29) is 31.0 Å². The maximum atomic E-state index is 11.9. The quantitative estimate of drug-likeness (QED) is 0.533. The number of amides is 1. The standard InChI is InChI=1S/C15H26BNO5/c1-5-9(3)20-14-13(10(6-2)21-15(14)16)22-12(19)8-7-11(18)17-4/h9-10,13-15H,5-8H2,1-4H3,(H,17,18)/t9?,10-,13?,14+,15-/m1/s1. The Hall–Kier alpha value is -1.08. The first-order valence-corrected chi connectivity index (χ1v) is 7.89. The Balaban J connectivity index is 2.64. The number of carbonyl (C=O) groups excluding carboxylic acids is 2. The molecule has 0 saturated carbocycles. The van der Waals surface area contributed by atoms with Crippen LogP contribution in [-0.2, 0) is 23.8 Å². The summed E-state index contributed by atoms with van der Waals surface area (Å²) in [5.41, 5.74) is 0. The number of hydrogen-bond donors (Lipinski definition) is 1. The van der Waals surface area contributed by atoms with Crippen molar-refractivity contribution in [3.05, 3.63) is 0 Å². The van der Waals surface area contributed by atoms with Gasteiger partial charge in [0.05, 0.1) is 18.6 Å². The minimum atomic E-state index is -0.615. The lowest BCUT2D eigenvalue weighted by atomic mass is 9.92. The average molecular weight is 311 g/mol. The Bertz CT molecular complexity index is 379. The van der Waals surface area contributed by atoms with E-state index in [4.69, 9.17) is 22.1 Å². The summed E-state index contributed by atoms with van der Waals surface area (Å²) in [6.07, 6.45) is 0.324. The van der Waals surface area contributed by atoms with Gasteiger partial charge in [0.2, 0.25) is 5.91 Å². The van der Waals surface area contributed by atoms with Crippen LogP contribution in [0.1, 0.15) is 46.5 Å². The molecule has 1 amide bonds. The van der Waals surface area contributed by atoms with E-state index in [1.54, 1.807) is 0 Å². The van der Waals surface area contributed by atoms with Crippen molar-refractivity contribution in [1.82, 2.24) is 5.32 Å². The van der Waals surface area contributed by atoms with Crippen molar-refractivity contribution in [3.63, 3.8) is 0 Å². The van der Waals surface area contributed by atoms with Crippen LogP contribution in [0.5, 0.6) is 0 Å². The van der Waals surface area contributed by atoms with Gasteiger partial charge in [-0.05, 0) is 19.8 Å². The predicted octanol–water partition coefficient (Wildman–Crippen LogP) is 0.911. The van der Waals surface area contributed by atoms with Crippen molar-refractivity contribution < 1.29 is 23.8 Å². The molecule has 6 nitrogen and oxygen atoms in total. The predicted molar refractivity (Wildman–Crippen MR) is 82.5 cm³/mol. The van der Waals surface area contributed by atoms with Gasteiger partial charge in [-0.25, -0.2) is 0 Å². The molecule has 5 atom stereocenters. The van der Waals surface area contributed by atoms with Crippen molar-refractivity contribution in [2.24, 2.45) is 0 Å². The summed E-state index contributed by atoms with van der Waals surface area (Å²) in [7, 11) is 7.48. The lowest BCUT2D eigenvalue weighted by Crippen LogP contribution is -2.41. The Morgan fingerprint density at radius 1 is 1.27 bits per heavy atom. The van der Waals surface area contributed by atoms with Crippen molar-refractivity contribution in [1.29, 1.82) is 0 Å². The average Bonchev–Trinajstić information content (AvgIpc) is 2.80. The molecular formula is C15H26BNO5. The van der Waals surface area contributed by atoms with Crippen molar-refractivity contribution in [2.45, 2.75) is 76.9 Å². The molecule has 124 valence electrons. The van der Waals surface area contributed by atoms with Gasteiger partial charge in [0.1, 0.15) is 14.0 Å². The van der Waals surface area contributed by atoms with Crippen LogP contribution in [0.15, 0.2) is 0 Å². The Morgan fingerprint density at radius 3 is 2.50 bits per heavy atom. The molecule has 1 N–H and O–H groups in total. The first-order valence-electron chi connectivity index (χ1n) is 7.89.